The molecule has 1 aromatic rings. The summed E-state index contributed by atoms with van der Waals surface area (Å²) in [6.07, 6.45) is -4.06. The zero-order valence-electron chi connectivity index (χ0n) is 13.7. The molecule has 130 valence electrons. The Morgan fingerprint density at radius 3 is 2.26 bits per heavy atom. The van der Waals surface area contributed by atoms with E-state index in [-0.39, 0.29) is 0 Å². The van der Waals surface area contributed by atoms with Crippen molar-refractivity contribution in [3.8, 4) is 0 Å². The molecule has 2 rings (SSSR count). The Hall–Kier alpha value is -1.11. The van der Waals surface area contributed by atoms with Gasteiger partial charge in [-0.15, -0.1) is 0 Å². The first-order valence-electron chi connectivity index (χ1n) is 8.09. The van der Waals surface area contributed by atoms with E-state index in [9.17, 15) is 18.3 Å². The molecule has 0 bridgehead atoms. The van der Waals surface area contributed by atoms with Gasteiger partial charge in [-0.3, -0.25) is 9.80 Å². The Morgan fingerprint density at radius 2 is 1.70 bits per heavy atom. The largest absolute Gasteiger partial charge is 0.416 e. The fourth-order valence-corrected chi connectivity index (χ4v) is 2.93. The number of aliphatic hydroxyl groups is 1. The molecule has 1 fully saturated rings. The maximum atomic E-state index is 12.6. The number of rotatable bonds is 4. The molecule has 1 heterocycles. The van der Waals surface area contributed by atoms with Crippen LogP contribution in [0.3, 0.4) is 0 Å². The quantitative estimate of drug-likeness (QED) is 0.919. The number of hydrogen-bond acceptors (Lipinski definition) is 3. The Labute approximate surface area is 135 Å². The maximum absolute atomic E-state index is 12.6. The average molecular weight is 330 g/mol. The van der Waals surface area contributed by atoms with Gasteiger partial charge in [0.15, 0.2) is 0 Å². The van der Waals surface area contributed by atoms with E-state index in [0.717, 1.165) is 44.7 Å². The molecule has 1 aliphatic heterocycles. The third kappa shape index (κ3) is 5.19. The van der Waals surface area contributed by atoms with Gasteiger partial charge in [-0.25, -0.2) is 0 Å². The van der Waals surface area contributed by atoms with Crippen molar-refractivity contribution >= 4 is 0 Å². The maximum Gasteiger partial charge on any atom is 0.416 e. The summed E-state index contributed by atoms with van der Waals surface area (Å²) in [5, 5.41) is 10.3. The molecule has 1 aromatic carbocycles. The summed E-state index contributed by atoms with van der Waals surface area (Å²) in [6.45, 7) is 8.58. The lowest BCUT2D eigenvalue weighted by molar-refractivity contribution is -0.137. The molecule has 0 aliphatic carbocycles. The predicted molar refractivity (Wildman–Crippen MR) is 84.2 cm³/mol. The number of aliphatic hydroxyl groups excluding tert-OH is 1. The van der Waals surface area contributed by atoms with Gasteiger partial charge in [-0.1, -0.05) is 12.1 Å². The van der Waals surface area contributed by atoms with Crippen LogP contribution in [-0.4, -0.2) is 53.7 Å². The zero-order chi connectivity index (χ0) is 17.0. The van der Waals surface area contributed by atoms with E-state index in [0.29, 0.717) is 18.2 Å². The van der Waals surface area contributed by atoms with E-state index < -0.39 is 17.8 Å². The minimum atomic E-state index is -4.34. The van der Waals surface area contributed by atoms with E-state index in [1.54, 1.807) is 0 Å². The lowest BCUT2D eigenvalue weighted by Gasteiger charge is -2.26. The van der Waals surface area contributed by atoms with Gasteiger partial charge < -0.3 is 5.11 Å². The van der Waals surface area contributed by atoms with Crippen LogP contribution in [0.5, 0.6) is 0 Å². The number of halogens is 3. The standard InChI is InChI=1S/C17H25F3N2O/c1-13(2)22-9-3-8-21(10-11-22)12-16(23)14-4-6-15(7-5-14)17(18,19)20/h4-7,13,16,23H,3,8-12H2,1-2H3/t16-/m0/s1. The fraction of sp³-hybridized carbons (Fsp3) is 0.647. The third-order valence-corrected chi connectivity index (χ3v) is 4.41. The van der Waals surface area contributed by atoms with Crippen molar-refractivity contribution in [2.75, 3.05) is 32.7 Å². The molecular formula is C17H25F3N2O. The Balaban J connectivity index is 1.92. The van der Waals surface area contributed by atoms with Crippen molar-refractivity contribution in [2.45, 2.75) is 38.6 Å². The molecule has 0 radical (unpaired) electrons. The highest BCUT2D eigenvalue weighted by Gasteiger charge is 2.30. The van der Waals surface area contributed by atoms with Crippen molar-refractivity contribution in [2.24, 2.45) is 0 Å². The van der Waals surface area contributed by atoms with E-state index in [1.165, 1.54) is 12.1 Å². The molecule has 0 amide bonds. The lowest BCUT2D eigenvalue weighted by Crippen LogP contribution is -2.36. The van der Waals surface area contributed by atoms with E-state index in [2.05, 4.69) is 23.6 Å². The molecule has 6 heteroatoms. The molecule has 1 aliphatic rings. The average Bonchev–Trinajstić information content (AvgIpc) is 2.72. The second kappa shape index (κ2) is 7.64. The number of hydrogen-bond donors (Lipinski definition) is 1. The molecule has 0 saturated carbocycles. The summed E-state index contributed by atoms with van der Waals surface area (Å²) in [5.41, 5.74) is -0.154. The van der Waals surface area contributed by atoms with Crippen molar-refractivity contribution in [1.82, 2.24) is 9.80 Å². The van der Waals surface area contributed by atoms with Crippen LogP contribution in [0.25, 0.3) is 0 Å². The van der Waals surface area contributed by atoms with Gasteiger partial charge in [0.25, 0.3) is 0 Å². The van der Waals surface area contributed by atoms with Gasteiger partial charge in [0, 0.05) is 25.7 Å². The highest BCUT2D eigenvalue weighted by atomic mass is 19.4. The molecule has 1 saturated heterocycles. The Morgan fingerprint density at radius 1 is 1.04 bits per heavy atom. The van der Waals surface area contributed by atoms with E-state index in [4.69, 9.17) is 0 Å². The molecule has 0 aromatic heterocycles. The molecule has 23 heavy (non-hydrogen) atoms. The molecular weight excluding hydrogens is 305 g/mol. The van der Waals surface area contributed by atoms with Gasteiger partial charge in [-0.05, 0) is 51.1 Å². The summed E-state index contributed by atoms with van der Waals surface area (Å²) in [7, 11) is 0. The summed E-state index contributed by atoms with van der Waals surface area (Å²) in [4.78, 5) is 4.59. The van der Waals surface area contributed by atoms with Gasteiger partial charge >= 0.3 is 6.18 Å². The highest BCUT2D eigenvalue weighted by Crippen LogP contribution is 2.30. The smallest absolute Gasteiger partial charge is 0.387 e. The normalized spacial score (nSPS) is 19.8. The monoisotopic (exact) mass is 330 g/mol. The summed E-state index contributed by atoms with van der Waals surface area (Å²) in [5.74, 6) is 0. The van der Waals surface area contributed by atoms with Gasteiger partial charge in [0.1, 0.15) is 0 Å². The highest BCUT2D eigenvalue weighted by molar-refractivity contribution is 5.26. The van der Waals surface area contributed by atoms with Crippen molar-refractivity contribution in [3.63, 3.8) is 0 Å². The second-order valence-corrected chi connectivity index (χ2v) is 6.42. The lowest BCUT2D eigenvalue weighted by atomic mass is 10.1. The van der Waals surface area contributed by atoms with Crippen LogP contribution >= 0.6 is 0 Å². The zero-order valence-corrected chi connectivity index (χ0v) is 13.7. The first-order valence-corrected chi connectivity index (χ1v) is 8.09. The van der Waals surface area contributed by atoms with Crippen LogP contribution in [0.1, 0.15) is 37.5 Å². The first kappa shape index (κ1) is 18.2. The number of nitrogens with zero attached hydrogens (tertiary/aromatic N) is 2. The second-order valence-electron chi connectivity index (χ2n) is 6.42. The Bertz CT molecular complexity index is 488. The topological polar surface area (TPSA) is 26.7 Å². The third-order valence-electron chi connectivity index (χ3n) is 4.41. The van der Waals surface area contributed by atoms with Gasteiger partial charge in [-0.2, -0.15) is 13.2 Å². The minimum Gasteiger partial charge on any atom is -0.387 e. The molecule has 0 spiro atoms. The SMILES string of the molecule is CC(C)N1CCCN(C[C@H](O)c2ccc(C(F)(F)F)cc2)CC1. The summed E-state index contributed by atoms with van der Waals surface area (Å²) >= 11 is 0. The summed E-state index contributed by atoms with van der Waals surface area (Å²) in [6, 6.07) is 5.30. The van der Waals surface area contributed by atoms with Gasteiger partial charge in [0.2, 0.25) is 0 Å². The van der Waals surface area contributed by atoms with Crippen LogP contribution in [0.4, 0.5) is 13.2 Å². The molecule has 0 unspecified atom stereocenters. The predicted octanol–water partition coefficient (Wildman–Crippen LogP) is 3.15. The van der Waals surface area contributed by atoms with Crippen LogP contribution in [0, 0.1) is 0 Å². The fourth-order valence-electron chi connectivity index (χ4n) is 2.93. The summed E-state index contributed by atoms with van der Waals surface area (Å²) < 4.78 is 37.7. The molecule has 1 atom stereocenters. The van der Waals surface area contributed by atoms with Crippen LogP contribution in [0.2, 0.25) is 0 Å². The van der Waals surface area contributed by atoms with Crippen LogP contribution < -0.4 is 0 Å². The number of alkyl halides is 3. The molecule has 1 N–H and O–H groups in total. The molecule has 3 nitrogen and oxygen atoms in total. The number of benzene rings is 1. The van der Waals surface area contributed by atoms with Crippen molar-refractivity contribution < 1.29 is 18.3 Å². The van der Waals surface area contributed by atoms with Crippen molar-refractivity contribution in [3.05, 3.63) is 35.4 Å². The van der Waals surface area contributed by atoms with Gasteiger partial charge in [0.05, 0.1) is 11.7 Å². The van der Waals surface area contributed by atoms with E-state index in [1.807, 2.05) is 0 Å². The van der Waals surface area contributed by atoms with Crippen molar-refractivity contribution in [1.29, 1.82) is 0 Å². The minimum absolute atomic E-state index is 0.456. The Kier molecular flexibility index (Phi) is 6.06. The number of β-amino-alcohol motifs (C(OH)–C–C–N with tert-alkyl or cyclic N) is 1. The first-order chi connectivity index (χ1) is 10.8. The van der Waals surface area contributed by atoms with Crippen LogP contribution in [0.15, 0.2) is 24.3 Å². The van der Waals surface area contributed by atoms with Crippen LogP contribution in [-0.2, 0) is 6.18 Å². The van der Waals surface area contributed by atoms with E-state index >= 15 is 0 Å².